The second kappa shape index (κ2) is 15.9. The lowest BCUT2D eigenvalue weighted by Crippen LogP contribution is -2.49. The van der Waals surface area contributed by atoms with E-state index in [1.165, 1.54) is 4.90 Å². The van der Waals surface area contributed by atoms with Gasteiger partial charge in [0, 0.05) is 68.2 Å². The quantitative estimate of drug-likeness (QED) is 0.190. The highest BCUT2D eigenvalue weighted by Gasteiger charge is 2.29. The molecule has 0 radical (unpaired) electrons. The Morgan fingerprint density at radius 1 is 0.962 bits per heavy atom. The largest absolute Gasteiger partial charge is 0.494 e. The number of hydrogen-bond acceptors (Lipinski definition) is 8. The standard InChI is InChI=1S/C39H44ClN7O6/c1-24-4-3-5-31(41-24)37(49)42-33-18-28-21-47(44-32(28)20-35(33)52-2)29-9-6-25(7-10-29)22-53-23-26-12-15-45(16-13-26)38(50)27-8-11-30(40)34(19-27)46-17-14-36(48)43-39(46)51/h3-5,8,11,18-21,25-26,29H,6-7,9-10,12-17,22-23H2,1-2H3,(H,42,49)(H,43,48,51)/t25-,29-. The summed E-state index contributed by atoms with van der Waals surface area (Å²) >= 11 is 6.38. The summed E-state index contributed by atoms with van der Waals surface area (Å²) in [7, 11) is 1.58. The van der Waals surface area contributed by atoms with Crippen molar-refractivity contribution in [3.8, 4) is 5.75 Å². The normalized spacial score (nSPS) is 19.7. The third-order valence-electron chi connectivity index (χ3n) is 10.5. The highest BCUT2D eigenvalue weighted by atomic mass is 35.5. The Morgan fingerprint density at radius 3 is 2.43 bits per heavy atom. The van der Waals surface area contributed by atoms with Crippen LogP contribution in [0.5, 0.6) is 5.75 Å². The van der Waals surface area contributed by atoms with Crippen molar-refractivity contribution < 1.29 is 28.7 Å². The number of ether oxygens (including phenoxy) is 2. The van der Waals surface area contributed by atoms with Gasteiger partial charge in [0.15, 0.2) is 0 Å². The second-order valence-corrected chi connectivity index (χ2v) is 14.6. The van der Waals surface area contributed by atoms with Crippen LogP contribution in [0.1, 0.15) is 77.5 Å². The van der Waals surface area contributed by atoms with Gasteiger partial charge in [0.1, 0.15) is 11.4 Å². The zero-order chi connectivity index (χ0) is 37.1. The van der Waals surface area contributed by atoms with Crippen LogP contribution in [0.3, 0.4) is 0 Å². The van der Waals surface area contributed by atoms with Crippen molar-refractivity contribution in [2.45, 2.75) is 57.9 Å². The highest BCUT2D eigenvalue weighted by Crippen LogP contribution is 2.36. The molecule has 2 saturated heterocycles. The van der Waals surface area contributed by atoms with Gasteiger partial charge in [0.05, 0.1) is 35.1 Å². The third-order valence-corrected chi connectivity index (χ3v) is 10.9. The summed E-state index contributed by atoms with van der Waals surface area (Å²) in [6.07, 6.45) is 8.08. The van der Waals surface area contributed by atoms with Gasteiger partial charge in [0.2, 0.25) is 5.91 Å². The maximum absolute atomic E-state index is 13.4. The topological polar surface area (TPSA) is 148 Å². The van der Waals surface area contributed by atoms with Crippen LogP contribution in [-0.4, -0.2) is 83.4 Å². The molecule has 4 heterocycles. The number of aryl methyl sites for hydroxylation is 1. The van der Waals surface area contributed by atoms with Crippen LogP contribution in [0.15, 0.2) is 54.7 Å². The number of fused-ring (bicyclic) bond motifs is 1. The third kappa shape index (κ3) is 8.31. The van der Waals surface area contributed by atoms with Crippen LogP contribution in [0.2, 0.25) is 5.02 Å². The summed E-state index contributed by atoms with van der Waals surface area (Å²) in [5.41, 5.74) is 3.40. The number of nitrogens with one attached hydrogen (secondary N) is 2. The summed E-state index contributed by atoms with van der Waals surface area (Å²) in [6.45, 7) is 4.74. The van der Waals surface area contributed by atoms with Crippen molar-refractivity contribution in [3.63, 3.8) is 0 Å². The van der Waals surface area contributed by atoms with E-state index in [2.05, 4.69) is 26.5 Å². The minimum Gasteiger partial charge on any atom is -0.494 e. The molecule has 2 N–H and O–H groups in total. The molecule has 14 heteroatoms. The van der Waals surface area contributed by atoms with Gasteiger partial charge in [0.25, 0.3) is 11.8 Å². The molecule has 4 aromatic rings. The average Bonchev–Trinajstić information content (AvgIpc) is 3.58. The molecule has 2 aromatic heterocycles. The van der Waals surface area contributed by atoms with E-state index in [0.29, 0.717) is 71.0 Å². The molecule has 1 saturated carbocycles. The molecule has 53 heavy (non-hydrogen) atoms. The molecule has 2 aliphatic heterocycles. The molecule has 0 atom stereocenters. The van der Waals surface area contributed by atoms with Gasteiger partial charge in [-0.05, 0) is 93.7 Å². The number of urea groups is 1. The summed E-state index contributed by atoms with van der Waals surface area (Å²) in [4.78, 5) is 57.8. The minimum atomic E-state index is -0.537. The van der Waals surface area contributed by atoms with Crippen molar-refractivity contribution in [2.24, 2.45) is 11.8 Å². The number of rotatable bonds is 10. The zero-order valence-electron chi connectivity index (χ0n) is 30.0. The first-order valence-corrected chi connectivity index (χ1v) is 18.6. The van der Waals surface area contributed by atoms with Gasteiger partial charge < -0.3 is 19.7 Å². The first kappa shape index (κ1) is 36.4. The van der Waals surface area contributed by atoms with Gasteiger partial charge >= 0.3 is 6.03 Å². The number of benzene rings is 2. The average molecular weight is 742 g/mol. The molecular weight excluding hydrogens is 698 g/mol. The maximum Gasteiger partial charge on any atom is 0.328 e. The van der Waals surface area contributed by atoms with Gasteiger partial charge in [-0.1, -0.05) is 17.7 Å². The number of aromatic nitrogens is 3. The van der Waals surface area contributed by atoms with Gasteiger partial charge in [-0.15, -0.1) is 0 Å². The van der Waals surface area contributed by atoms with Crippen molar-refractivity contribution in [1.82, 2.24) is 25.0 Å². The zero-order valence-corrected chi connectivity index (χ0v) is 30.7. The lowest BCUT2D eigenvalue weighted by atomic mass is 9.86. The van der Waals surface area contributed by atoms with E-state index < -0.39 is 6.03 Å². The van der Waals surface area contributed by atoms with Crippen LogP contribution < -0.4 is 20.3 Å². The smallest absolute Gasteiger partial charge is 0.328 e. The Kier molecular flexibility index (Phi) is 10.9. The lowest BCUT2D eigenvalue weighted by Gasteiger charge is -2.33. The number of anilines is 2. The number of imide groups is 1. The Morgan fingerprint density at radius 2 is 1.72 bits per heavy atom. The van der Waals surface area contributed by atoms with Crippen molar-refractivity contribution in [1.29, 1.82) is 0 Å². The molecule has 3 fully saturated rings. The van der Waals surface area contributed by atoms with Crippen LogP contribution in [0.4, 0.5) is 16.2 Å². The first-order valence-electron chi connectivity index (χ1n) is 18.2. The van der Waals surface area contributed by atoms with Crippen LogP contribution >= 0.6 is 11.6 Å². The summed E-state index contributed by atoms with van der Waals surface area (Å²) in [6, 6.07) is 13.8. The number of likely N-dealkylation sites (tertiary alicyclic amines) is 1. The van der Waals surface area contributed by atoms with E-state index in [1.807, 2.05) is 36.1 Å². The Bertz CT molecular complexity index is 2020. The second-order valence-electron chi connectivity index (χ2n) is 14.2. The number of amides is 5. The molecule has 13 nitrogen and oxygen atoms in total. The van der Waals surface area contributed by atoms with Gasteiger partial charge in [-0.2, -0.15) is 5.10 Å². The fraction of sp³-hybridized carbons (Fsp3) is 0.436. The number of halogens is 1. The van der Waals surface area contributed by atoms with E-state index in [-0.39, 0.29) is 30.7 Å². The first-order chi connectivity index (χ1) is 25.6. The Balaban J connectivity index is 0.858. The maximum atomic E-state index is 13.4. The van der Waals surface area contributed by atoms with Crippen LogP contribution in [-0.2, 0) is 9.53 Å². The Hall–Kier alpha value is -5.01. The molecule has 1 aliphatic carbocycles. The number of nitrogens with zero attached hydrogens (tertiary/aromatic N) is 5. The number of hydrogen-bond donors (Lipinski definition) is 2. The molecular formula is C39H44ClN7O6. The van der Waals surface area contributed by atoms with Crippen molar-refractivity contribution >= 4 is 57.6 Å². The van der Waals surface area contributed by atoms with Crippen molar-refractivity contribution in [3.05, 3.63) is 76.7 Å². The number of methoxy groups -OCH3 is 1. The van der Waals surface area contributed by atoms with Crippen LogP contribution in [0, 0.1) is 18.8 Å². The van der Waals surface area contributed by atoms with Crippen molar-refractivity contribution in [2.75, 3.05) is 50.2 Å². The van der Waals surface area contributed by atoms with E-state index in [4.69, 9.17) is 26.2 Å². The molecule has 5 amide bonds. The van der Waals surface area contributed by atoms with Gasteiger partial charge in [-0.25, -0.2) is 9.78 Å². The molecule has 0 spiro atoms. The van der Waals surface area contributed by atoms with E-state index in [1.54, 1.807) is 31.4 Å². The molecule has 278 valence electrons. The summed E-state index contributed by atoms with van der Waals surface area (Å²) < 4.78 is 13.9. The Labute approximate surface area is 312 Å². The fourth-order valence-corrected chi connectivity index (χ4v) is 7.71. The molecule has 2 aromatic carbocycles. The SMILES string of the molecule is COc1cc2nn([C@H]3CC[C@H](COCC4CCN(C(=O)c5ccc(Cl)c(N6CCC(=O)NC6=O)c5)CC4)CC3)cc2cc1NC(=O)c1cccc(C)n1. The summed E-state index contributed by atoms with van der Waals surface area (Å²) in [5, 5.41) is 11.4. The molecule has 0 bridgehead atoms. The minimum absolute atomic E-state index is 0.0976. The number of carbonyl (C=O) groups excluding carboxylic acids is 4. The van der Waals surface area contributed by atoms with Crippen LogP contribution in [0.25, 0.3) is 10.9 Å². The predicted octanol–water partition coefficient (Wildman–Crippen LogP) is 6.40. The predicted molar refractivity (Wildman–Crippen MR) is 201 cm³/mol. The van der Waals surface area contributed by atoms with E-state index >= 15 is 0 Å². The molecule has 7 rings (SSSR count). The number of pyridine rings is 1. The highest BCUT2D eigenvalue weighted by molar-refractivity contribution is 6.34. The molecule has 3 aliphatic rings. The van der Waals surface area contributed by atoms with E-state index in [0.717, 1.165) is 61.7 Å². The molecule has 0 unspecified atom stereocenters. The van der Waals surface area contributed by atoms with Gasteiger partial charge in [-0.3, -0.25) is 29.3 Å². The monoisotopic (exact) mass is 741 g/mol. The summed E-state index contributed by atoms with van der Waals surface area (Å²) in [5.74, 6) is 0.710. The number of carbonyl (C=O) groups is 4. The number of piperidine rings is 1. The fourth-order valence-electron chi connectivity index (χ4n) is 7.49. The lowest BCUT2D eigenvalue weighted by molar-refractivity contribution is -0.120. The van der Waals surface area contributed by atoms with E-state index in [9.17, 15) is 19.2 Å².